The Bertz CT molecular complexity index is 784. The van der Waals surface area contributed by atoms with Crippen LogP contribution in [0.1, 0.15) is 40.3 Å². The highest BCUT2D eigenvalue weighted by atomic mass is 15.3. The third-order valence-corrected chi connectivity index (χ3v) is 5.14. The minimum atomic E-state index is 0.324. The average Bonchev–Trinajstić information content (AvgIpc) is 2.79. The number of benzene rings is 2. The number of anilines is 1. The fourth-order valence-corrected chi connectivity index (χ4v) is 4.39. The van der Waals surface area contributed by atoms with E-state index in [1.165, 1.54) is 44.8 Å². The maximum absolute atomic E-state index is 2.52. The number of hydrogen-bond acceptors (Lipinski definition) is 1. The van der Waals surface area contributed by atoms with Gasteiger partial charge in [0.1, 0.15) is 6.54 Å². The molecular formula is C22H29N2+. The van der Waals surface area contributed by atoms with Gasteiger partial charge in [-0.05, 0) is 64.8 Å². The minimum absolute atomic E-state index is 0.324. The van der Waals surface area contributed by atoms with E-state index in [1.807, 2.05) is 0 Å². The van der Waals surface area contributed by atoms with Crippen LogP contribution in [0.15, 0.2) is 24.3 Å². The number of aryl methyl sites for hydroxylation is 6. The van der Waals surface area contributed by atoms with Crippen LogP contribution in [0.2, 0.25) is 0 Å². The first-order chi connectivity index (χ1) is 11.3. The molecular weight excluding hydrogens is 292 g/mol. The Labute approximate surface area is 146 Å². The maximum atomic E-state index is 2.52. The molecule has 2 aromatic carbocycles. The molecule has 0 amide bonds. The quantitative estimate of drug-likeness (QED) is 0.696. The van der Waals surface area contributed by atoms with Gasteiger partial charge in [-0.1, -0.05) is 23.3 Å². The molecule has 1 aliphatic rings. The summed E-state index contributed by atoms with van der Waals surface area (Å²) >= 11 is 0. The summed E-state index contributed by atoms with van der Waals surface area (Å²) in [6, 6.07) is 9.15. The summed E-state index contributed by atoms with van der Waals surface area (Å²) in [5, 5.41) is 0. The number of nitrogens with zero attached hydrogens (tertiary/aromatic N) is 2. The normalized spacial score (nSPS) is 17.4. The van der Waals surface area contributed by atoms with Gasteiger partial charge in [0.25, 0.3) is 0 Å². The molecule has 24 heavy (non-hydrogen) atoms. The van der Waals surface area contributed by atoms with Crippen LogP contribution in [-0.4, -0.2) is 23.5 Å². The Hall–Kier alpha value is -2.09. The van der Waals surface area contributed by atoms with E-state index in [-0.39, 0.29) is 0 Å². The van der Waals surface area contributed by atoms with Crippen molar-refractivity contribution in [2.45, 2.75) is 54.6 Å². The Balaban J connectivity index is 2.01. The SMILES string of the molecule is Cc1cc(C)c(N2CC=[N+](c3c(C)cc(C)cc3C)C2C)c(C)c1. The minimum Gasteiger partial charge on any atom is -0.304 e. The van der Waals surface area contributed by atoms with Gasteiger partial charge in [0.2, 0.25) is 11.9 Å². The molecule has 0 N–H and O–H groups in total. The third-order valence-electron chi connectivity index (χ3n) is 5.14. The summed E-state index contributed by atoms with van der Waals surface area (Å²) in [4.78, 5) is 2.52. The van der Waals surface area contributed by atoms with Crippen molar-refractivity contribution in [2.75, 3.05) is 11.4 Å². The molecule has 0 fully saturated rings. The highest BCUT2D eigenvalue weighted by Gasteiger charge is 2.34. The van der Waals surface area contributed by atoms with Crippen LogP contribution in [0.25, 0.3) is 0 Å². The molecule has 0 aromatic heterocycles. The van der Waals surface area contributed by atoms with Gasteiger partial charge in [0.15, 0.2) is 6.21 Å². The predicted molar refractivity (Wildman–Crippen MR) is 104 cm³/mol. The van der Waals surface area contributed by atoms with Gasteiger partial charge in [-0.15, -0.1) is 0 Å². The fourth-order valence-electron chi connectivity index (χ4n) is 4.39. The topological polar surface area (TPSA) is 6.25 Å². The molecule has 0 saturated carbocycles. The molecule has 3 rings (SSSR count). The third kappa shape index (κ3) is 2.75. The molecule has 126 valence electrons. The zero-order chi connectivity index (χ0) is 17.6. The molecule has 0 bridgehead atoms. The highest BCUT2D eigenvalue weighted by Crippen LogP contribution is 2.33. The molecule has 0 radical (unpaired) electrons. The first-order valence-electron chi connectivity index (χ1n) is 8.83. The van der Waals surface area contributed by atoms with Gasteiger partial charge in [-0.3, -0.25) is 0 Å². The van der Waals surface area contributed by atoms with Crippen LogP contribution >= 0.6 is 0 Å². The van der Waals surface area contributed by atoms with Crippen molar-refractivity contribution in [3.05, 3.63) is 57.6 Å². The predicted octanol–water partition coefficient (Wildman–Crippen LogP) is 5.12. The summed E-state index contributed by atoms with van der Waals surface area (Å²) < 4.78 is 2.45. The molecule has 2 aromatic rings. The van der Waals surface area contributed by atoms with E-state index in [4.69, 9.17) is 0 Å². The zero-order valence-electron chi connectivity index (χ0n) is 16.1. The molecule has 1 aliphatic heterocycles. The van der Waals surface area contributed by atoms with Crippen molar-refractivity contribution in [3.63, 3.8) is 0 Å². The van der Waals surface area contributed by atoms with Crippen molar-refractivity contribution in [1.29, 1.82) is 0 Å². The van der Waals surface area contributed by atoms with Crippen molar-refractivity contribution in [1.82, 2.24) is 0 Å². The summed E-state index contributed by atoms with van der Waals surface area (Å²) in [5.74, 6) is 0. The molecule has 1 unspecified atom stereocenters. The fraction of sp³-hybridized carbons (Fsp3) is 0.409. The standard InChI is InChI=1S/C22H29N2/c1-14-10-16(3)21(17(4)11-14)23-8-9-24(20(23)7)22-18(5)12-15(2)13-19(22)6/h8,10-13,20H,9H2,1-7H3/q+1. The smallest absolute Gasteiger partial charge is 0.231 e. The molecule has 1 atom stereocenters. The second kappa shape index (κ2) is 6.08. The molecule has 0 aliphatic carbocycles. The lowest BCUT2D eigenvalue weighted by molar-refractivity contribution is -0.466. The Kier molecular flexibility index (Phi) is 4.25. The Morgan fingerprint density at radius 2 is 1.25 bits per heavy atom. The van der Waals surface area contributed by atoms with E-state index in [0.29, 0.717) is 6.17 Å². The van der Waals surface area contributed by atoms with Gasteiger partial charge in [-0.25, -0.2) is 0 Å². The van der Waals surface area contributed by atoms with Gasteiger partial charge in [-0.2, -0.15) is 4.58 Å². The lowest BCUT2D eigenvalue weighted by Gasteiger charge is -2.25. The first kappa shape index (κ1) is 16.8. The van der Waals surface area contributed by atoms with E-state index < -0.39 is 0 Å². The van der Waals surface area contributed by atoms with Gasteiger partial charge >= 0.3 is 0 Å². The average molecular weight is 321 g/mol. The van der Waals surface area contributed by atoms with E-state index in [1.54, 1.807) is 0 Å². The van der Waals surface area contributed by atoms with Crippen molar-refractivity contribution in [2.24, 2.45) is 0 Å². The van der Waals surface area contributed by atoms with Gasteiger partial charge in [0, 0.05) is 23.7 Å². The van der Waals surface area contributed by atoms with Crippen LogP contribution in [0.4, 0.5) is 11.4 Å². The van der Waals surface area contributed by atoms with Crippen LogP contribution in [0.5, 0.6) is 0 Å². The van der Waals surface area contributed by atoms with E-state index in [2.05, 4.69) is 88.4 Å². The van der Waals surface area contributed by atoms with Crippen LogP contribution in [0.3, 0.4) is 0 Å². The summed E-state index contributed by atoms with van der Waals surface area (Å²) in [6.07, 6.45) is 2.67. The molecule has 0 spiro atoms. The lowest BCUT2D eigenvalue weighted by Crippen LogP contribution is -2.34. The number of hydrogen-bond donors (Lipinski definition) is 0. The summed E-state index contributed by atoms with van der Waals surface area (Å²) in [7, 11) is 0. The van der Waals surface area contributed by atoms with Crippen LogP contribution in [0, 0.1) is 41.5 Å². The number of rotatable bonds is 2. The van der Waals surface area contributed by atoms with E-state index in [9.17, 15) is 0 Å². The second-order valence-corrected chi connectivity index (χ2v) is 7.37. The largest absolute Gasteiger partial charge is 0.304 e. The van der Waals surface area contributed by atoms with Crippen LogP contribution < -0.4 is 4.90 Å². The second-order valence-electron chi connectivity index (χ2n) is 7.37. The molecule has 2 heteroatoms. The Morgan fingerprint density at radius 1 is 0.792 bits per heavy atom. The molecule has 0 saturated heterocycles. The first-order valence-corrected chi connectivity index (χ1v) is 8.83. The van der Waals surface area contributed by atoms with Crippen molar-refractivity contribution < 1.29 is 4.58 Å². The lowest BCUT2D eigenvalue weighted by atomic mass is 10.0. The monoisotopic (exact) mass is 321 g/mol. The zero-order valence-corrected chi connectivity index (χ0v) is 16.1. The summed E-state index contributed by atoms with van der Waals surface area (Å²) in [5.41, 5.74) is 10.9. The van der Waals surface area contributed by atoms with Crippen LogP contribution in [-0.2, 0) is 0 Å². The highest BCUT2D eigenvalue weighted by molar-refractivity contribution is 5.71. The van der Waals surface area contributed by atoms with Crippen molar-refractivity contribution >= 4 is 17.6 Å². The van der Waals surface area contributed by atoms with Gasteiger partial charge in [0.05, 0.1) is 0 Å². The Morgan fingerprint density at radius 3 is 1.75 bits per heavy atom. The maximum Gasteiger partial charge on any atom is 0.231 e. The summed E-state index contributed by atoms with van der Waals surface area (Å²) in [6.45, 7) is 16.5. The van der Waals surface area contributed by atoms with E-state index >= 15 is 0 Å². The van der Waals surface area contributed by atoms with E-state index in [0.717, 1.165) is 6.54 Å². The molecule has 2 nitrogen and oxygen atoms in total. The van der Waals surface area contributed by atoms with Crippen molar-refractivity contribution in [3.8, 4) is 0 Å². The molecule has 1 heterocycles. The van der Waals surface area contributed by atoms with Gasteiger partial charge < -0.3 is 4.90 Å².